The second kappa shape index (κ2) is 8.58. The van der Waals surface area contributed by atoms with Gasteiger partial charge in [0.25, 0.3) is 0 Å². The van der Waals surface area contributed by atoms with E-state index in [0.29, 0.717) is 6.42 Å². The molecule has 7 nitrogen and oxygen atoms in total. The van der Waals surface area contributed by atoms with E-state index in [1.165, 1.54) is 13.8 Å². The van der Waals surface area contributed by atoms with E-state index in [9.17, 15) is 19.5 Å². The van der Waals surface area contributed by atoms with E-state index in [2.05, 4.69) is 34.6 Å². The molecule has 5 saturated carbocycles. The third kappa shape index (κ3) is 3.72. The smallest absolute Gasteiger partial charge is 0.302 e. The molecule has 5 aliphatic carbocycles. The van der Waals surface area contributed by atoms with Crippen molar-refractivity contribution in [3.63, 3.8) is 0 Å². The average molecular weight is 573 g/mol. The maximum Gasteiger partial charge on any atom is 0.302 e. The molecule has 0 aromatic heterocycles. The Hall–Kier alpha value is -1.47. The highest BCUT2D eigenvalue weighted by Gasteiger charge is 2.86. The first-order valence-corrected chi connectivity index (χ1v) is 16.0. The molecule has 7 heteroatoms. The zero-order valence-electron chi connectivity index (χ0n) is 26.7. The van der Waals surface area contributed by atoms with Crippen LogP contribution in [0.2, 0.25) is 0 Å². The first-order chi connectivity index (χ1) is 18.8. The summed E-state index contributed by atoms with van der Waals surface area (Å²) in [6.45, 7) is 17.8. The van der Waals surface area contributed by atoms with Crippen LogP contribution in [-0.2, 0) is 28.6 Å². The number of ketones is 1. The maximum atomic E-state index is 14.3. The lowest BCUT2D eigenvalue weighted by Gasteiger charge is -2.64. The van der Waals surface area contributed by atoms with E-state index in [0.717, 1.165) is 51.4 Å². The second-order valence-corrected chi connectivity index (χ2v) is 16.9. The van der Waals surface area contributed by atoms with Gasteiger partial charge in [0, 0.05) is 31.6 Å². The van der Waals surface area contributed by atoms with E-state index in [1.54, 1.807) is 13.8 Å². The average Bonchev–Trinajstić information content (AvgIpc) is 3.18. The minimum atomic E-state index is -0.961. The normalized spacial score (nSPS) is 51.6. The van der Waals surface area contributed by atoms with Gasteiger partial charge in [-0.25, -0.2) is 0 Å². The molecular formula is C34H52O7. The first kappa shape index (κ1) is 29.6. The fraction of sp³-hybridized carbons (Fsp3) is 0.912. The van der Waals surface area contributed by atoms with Crippen LogP contribution in [0.4, 0.5) is 0 Å². The zero-order valence-corrected chi connectivity index (χ0v) is 26.7. The van der Waals surface area contributed by atoms with Crippen LogP contribution in [0, 0.1) is 44.8 Å². The number of Topliss-reactive ketones (excluding diaryl/α,β-unsaturated/α-hetero) is 1. The van der Waals surface area contributed by atoms with Crippen LogP contribution in [-0.4, -0.2) is 52.3 Å². The van der Waals surface area contributed by atoms with E-state index < -0.39 is 11.2 Å². The zero-order chi connectivity index (χ0) is 30.2. The van der Waals surface area contributed by atoms with Crippen LogP contribution in [0.3, 0.4) is 0 Å². The molecule has 1 aliphatic heterocycles. The van der Waals surface area contributed by atoms with Crippen molar-refractivity contribution >= 4 is 17.7 Å². The van der Waals surface area contributed by atoms with Crippen LogP contribution in [0.25, 0.3) is 0 Å². The number of carbonyl (C=O) groups excluding carboxylic acids is 3. The summed E-state index contributed by atoms with van der Waals surface area (Å²) in [6.07, 6.45) is 6.93. The van der Waals surface area contributed by atoms with E-state index >= 15 is 0 Å². The Morgan fingerprint density at radius 1 is 0.902 bits per heavy atom. The van der Waals surface area contributed by atoms with Crippen LogP contribution < -0.4 is 0 Å². The van der Waals surface area contributed by atoms with Crippen molar-refractivity contribution in [1.82, 2.24) is 0 Å². The lowest BCUT2D eigenvalue weighted by atomic mass is 9.41. The molecule has 0 bridgehead atoms. The van der Waals surface area contributed by atoms with Crippen molar-refractivity contribution in [2.24, 2.45) is 44.8 Å². The molecule has 6 aliphatic rings. The Bertz CT molecular complexity index is 1170. The fourth-order valence-electron chi connectivity index (χ4n) is 12.4. The highest BCUT2D eigenvalue weighted by atomic mass is 16.5. The third-order valence-corrected chi connectivity index (χ3v) is 14.1. The summed E-state index contributed by atoms with van der Waals surface area (Å²) in [5.41, 5.74) is -2.32. The van der Waals surface area contributed by atoms with Gasteiger partial charge in [-0.05, 0) is 99.7 Å². The van der Waals surface area contributed by atoms with Gasteiger partial charge in [0.15, 0.2) is 0 Å². The number of hydrogen-bond acceptors (Lipinski definition) is 7. The molecule has 1 N–H and O–H groups in total. The van der Waals surface area contributed by atoms with Gasteiger partial charge in [-0.3, -0.25) is 14.4 Å². The monoisotopic (exact) mass is 572 g/mol. The summed E-state index contributed by atoms with van der Waals surface area (Å²) in [7, 11) is 0. The van der Waals surface area contributed by atoms with Gasteiger partial charge in [0.2, 0.25) is 0 Å². The molecule has 0 aromatic carbocycles. The van der Waals surface area contributed by atoms with Gasteiger partial charge < -0.3 is 19.3 Å². The molecule has 41 heavy (non-hydrogen) atoms. The van der Waals surface area contributed by atoms with Gasteiger partial charge in [-0.15, -0.1) is 0 Å². The topological polar surface area (TPSA) is 99.1 Å². The molecule has 6 rings (SSSR count). The van der Waals surface area contributed by atoms with Gasteiger partial charge >= 0.3 is 11.9 Å². The van der Waals surface area contributed by atoms with Crippen LogP contribution in [0.1, 0.15) is 120 Å². The number of ether oxygens (including phenoxy) is 3. The van der Waals surface area contributed by atoms with Gasteiger partial charge in [-0.1, -0.05) is 27.7 Å². The second-order valence-electron chi connectivity index (χ2n) is 16.9. The van der Waals surface area contributed by atoms with Crippen molar-refractivity contribution < 1.29 is 33.7 Å². The molecule has 0 aromatic rings. The summed E-state index contributed by atoms with van der Waals surface area (Å²) in [6, 6.07) is 0. The largest absolute Gasteiger partial charge is 0.462 e. The number of aliphatic hydroxyl groups is 1. The Kier molecular flexibility index (Phi) is 6.19. The number of carbonyl (C=O) groups is 3. The van der Waals surface area contributed by atoms with Crippen LogP contribution in [0.5, 0.6) is 0 Å². The predicted molar refractivity (Wildman–Crippen MR) is 153 cm³/mol. The molecule has 0 unspecified atom stereocenters. The van der Waals surface area contributed by atoms with Gasteiger partial charge in [0.1, 0.15) is 18.0 Å². The number of hydrogen-bond donors (Lipinski definition) is 1. The molecule has 1 heterocycles. The lowest BCUT2D eigenvalue weighted by molar-refractivity contribution is -0.225. The van der Waals surface area contributed by atoms with Crippen LogP contribution >= 0.6 is 0 Å². The quantitative estimate of drug-likeness (QED) is 0.426. The van der Waals surface area contributed by atoms with Crippen molar-refractivity contribution in [3.8, 4) is 0 Å². The Morgan fingerprint density at radius 2 is 1.56 bits per heavy atom. The van der Waals surface area contributed by atoms with E-state index in [4.69, 9.17) is 14.2 Å². The highest BCUT2D eigenvalue weighted by Crippen LogP contribution is 2.89. The van der Waals surface area contributed by atoms with Crippen LogP contribution in [0.15, 0.2) is 0 Å². The Morgan fingerprint density at radius 3 is 2.15 bits per heavy atom. The molecule has 6 fully saturated rings. The van der Waals surface area contributed by atoms with Crippen molar-refractivity contribution in [1.29, 1.82) is 0 Å². The third-order valence-electron chi connectivity index (χ3n) is 14.1. The standard InChI is InChI=1S/C34H52O7/c1-19(35)39-22-16-23-28(3,4)24(40-20(2)36)11-13-33(23)18-34(33)15-14-30(7)26(21(37)17-31(30,8)27(22)34)32(9)12-10-25(41-32)29(5,6)38/h22-27,38H,10-18H2,1-9H3/t22-,23-,24-,25-,26-,27-,30+,31-,32+,33+,34-/m0/s1. The highest BCUT2D eigenvalue weighted by molar-refractivity contribution is 5.87. The summed E-state index contributed by atoms with van der Waals surface area (Å²) in [5, 5.41) is 10.8. The van der Waals surface area contributed by atoms with Crippen molar-refractivity contribution in [2.45, 2.75) is 150 Å². The Labute approximate surface area is 245 Å². The SMILES string of the molecule is CC(=O)O[C@H]1C[C@H]2C(C)(C)[C@@H](OC(C)=O)CC[C@@]23C[C@]32CC[C@]3(C)[C@@H]([C@@]4(C)CC[C@@H](C(C)(C)O)O4)C(=O)C[C@@]3(C)[C@H]12. The van der Waals surface area contributed by atoms with Crippen molar-refractivity contribution in [3.05, 3.63) is 0 Å². The van der Waals surface area contributed by atoms with Gasteiger partial charge in [-0.2, -0.15) is 0 Å². The fourth-order valence-corrected chi connectivity index (χ4v) is 12.4. The molecule has 230 valence electrons. The molecule has 11 atom stereocenters. The van der Waals surface area contributed by atoms with Gasteiger partial charge in [0.05, 0.1) is 23.2 Å². The van der Waals surface area contributed by atoms with Crippen molar-refractivity contribution in [2.75, 3.05) is 0 Å². The number of rotatable bonds is 4. The summed E-state index contributed by atoms with van der Waals surface area (Å²) in [5.74, 6) is -0.119. The minimum absolute atomic E-state index is 0.0188. The molecule has 0 amide bonds. The maximum absolute atomic E-state index is 14.3. The first-order valence-electron chi connectivity index (χ1n) is 16.0. The summed E-state index contributed by atoms with van der Waals surface area (Å²) in [4.78, 5) is 38.9. The molecule has 1 saturated heterocycles. The molecule has 2 spiro atoms. The van der Waals surface area contributed by atoms with E-state index in [-0.39, 0.29) is 80.9 Å². The molecular weight excluding hydrogens is 520 g/mol. The summed E-state index contributed by atoms with van der Waals surface area (Å²) < 4.78 is 18.8. The minimum Gasteiger partial charge on any atom is -0.462 e. The lowest BCUT2D eigenvalue weighted by Crippen LogP contribution is -2.63. The summed E-state index contributed by atoms with van der Waals surface area (Å²) >= 11 is 0. The number of fused-ring (bicyclic) bond motifs is 2. The molecule has 0 radical (unpaired) electrons. The number of esters is 2. The van der Waals surface area contributed by atoms with E-state index in [1.807, 2.05) is 0 Å². The predicted octanol–water partition coefficient (Wildman–Crippen LogP) is 5.79. The Balaban J connectivity index is 1.40.